The van der Waals surface area contributed by atoms with Crippen molar-refractivity contribution in [1.29, 1.82) is 0 Å². The van der Waals surface area contributed by atoms with Gasteiger partial charge in [-0.1, -0.05) is 11.3 Å². The van der Waals surface area contributed by atoms with Gasteiger partial charge in [-0.25, -0.2) is 13.9 Å². The highest BCUT2D eigenvalue weighted by atomic mass is 32.1. The summed E-state index contributed by atoms with van der Waals surface area (Å²) < 4.78 is 28.3. The summed E-state index contributed by atoms with van der Waals surface area (Å²) in [6.45, 7) is 6.41. The van der Waals surface area contributed by atoms with Crippen molar-refractivity contribution in [3.63, 3.8) is 0 Å². The zero-order chi connectivity index (χ0) is 34.7. The number of thiophene rings is 1. The van der Waals surface area contributed by atoms with Gasteiger partial charge in [0, 0.05) is 51.3 Å². The van der Waals surface area contributed by atoms with Crippen LogP contribution in [0.2, 0.25) is 0 Å². The number of ether oxygens (including phenoxy) is 2. The van der Waals surface area contributed by atoms with Crippen LogP contribution in [0, 0.1) is 11.7 Å². The van der Waals surface area contributed by atoms with Gasteiger partial charge in [0.05, 0.1) is 21.3 Å². The molecule has 2 aliphatic rings. The second-order valence-electron chi connectivity index (χ2n) is 13.3. The average molecular weight is 692 g/mol. The smallest absolute Gasteiger partial charge is 0.408 e. The molecule has 258 valence electrons. The van der Waals surface area contributed by atoms with E-state index in [4.69, 9.17) is 9.47 Å². The lowest BCUT2D eigenvalue weighted by atomic mass is 10.0. The minimum absolute atomic E-state index is 0.0277. The van der Waals surface area contributed by atoms with E-state index >= 15 is 0 Å². The number of rotatable bonds is 11. The Morgan fingerprint density at radius 3 is 2.43 bits per heavy atom. The molecule has 1 aliphatic carbocycles. The minimum atomic E-state index is -0.660. The molecular weight excluding hydrogens is 653 g/mol. The Kier molecular flexibility index (Phi) is 9.90. The number of carbonyl (C=O) groups is 4. The highest BCUT2D eigenvalue weighted by Gasteiger charge is 2.26. The highest BCUT2D eigenvalue weighted by molar-refractivity contribution is 7.22. The summed E-state index contributed by atoms with van der Waals surface area (Å²) in [6.07, 6.45) is 5.56. The maximum Gasteiger partial charge on any atom is 0.408 e. The normalized spacial score (nSPS) is 14.9. The first kappa shape index (κ1) is 34.0. The minimum Gasteiger partial charge on any atom is -0.453 e. The number of hydrogen-bond acceptors (Lipinski definition) is 10. The zero-order valence-corrected chi connectivity index (χ0v) is 28.4. The molecule has 1 aliphatic heterocycles. The van der Waals surface area contributed by atoms with E-state index in [-0.39, 0.29) is 42.9 Å². The quantitative estimate of drug-likeness (QED) is 0.238. The summed E-state index contributed by atoms with van der Waals surface area (Å²) in [7, 11) is 0. The van der Waals surface area contributed by atoms with Crippen LogP contribution < -0.4 is 10.1 Å². The number of alkyl carbamates (subject to hydrolysis) is 1. The van der Waals surface area contributed by atoms with Crippen LogP contribution in [0.4, 0.5) is 9.18 Å². The summed E-state index contributed by atoms with van der Waals surface area (Å²) in [5.41, 5.74) is 1.14. The van der Waals surface area contributed by atoms with Crippen molar-refractivity contribution >= 4 is 45.2 Å². The number of Topliss-reactive ketones (excluding diaryl/α,β-unsaturated/α-hetero) is 1. The third kappa shape index (κ3) is 8.96. The van der Waals surface area contributed by atoms with Crippen LogP contribution >= 0.6 is 11.3 Å². The summed E-state index contributed by atoms with van der Waals surface area (Å²) in [6, 6.07) is 8.11. The number of ketones is 1. The molecule has 1 saturated heterocycles. The van der Waals surface area contributed by atoms with E-state index < -0.39 is 17.5 Å². The number of nitrogens with one attached hydrogen (secondary N) is 1. The van der Waals surface area contributed by atoms with Gasteiger partial charge in [0.25, 0.3) is 0 Å². The van der Waals surface area contributed by atoms with Crippen molar-refractivity contribution in [3.8, 4) is 22.1 Å². The third-order valence-electron chi connectivity index (χ3n) is 8.06. The van der Waals surface area contributed by atoms with Gasteiger partial charge in [-0.3, -0.25) is 19.4 Å². The zero-order valence-electron chi connectivity index (χ0n) is 27.6. The molecule has 6 rings (SSSR count). The first-order valence-corrected chi connectivity index (χ1v) is 17.0. The summed E-state index contributed by atoms with van der Waals surface area (Å²) in [4.78, 5) is 58.1. The predicted octanol–water partition coefficient (Wildman–Crippen LogP) is 4.59. The molecule has 3 amide bonds. The average Bonchev–Trinajstić information content (AvgIpc) is 3.54. The van der Waals surface area contributed by atoms with E-state index in [1.165, 1.54) is 22.1 Å². The van der Waals surface area contributed by atoms with Gasteiger partial charge in [0.15, 0.2) is 11.6 Å². The monoisotopic (exact) mass is 691 g/mol. The number of nitrogens with zero attached hydrogens (tertiary/aromatic N) is 6. The fourth-order valence-corrected chi connectivity index (χ4v) is 6.44. The summed E-state index contributed by atoms with van der Waals surface area (Å²) >= 11 is 1.36. The van der Waals surface area contributed by atoms with Gasteiger partial charge in [0.2, 0.25) is 11.8 Å². The van der Waals surface area contributed by atoms with Gasteiger partial charge in [-0.05, 0) is 63.3 Å². The molecular formula is C34H38FN7O6S. The van der Waals surface area contributed by atoms with E-state index in [0.29, 0.717) is 65.7 Å². The molecule has 0 bridgehead atoms. The third-order valence-corrected chi connectivity index (χ3v) is 9.22. The van der Waals surface area contributed by atoms with Crippen LogP contribution in [0.15, 0.2) is 42.7 Å². The van der Waals surface area contributed by atoms with Crippen LogP contribution in [0.5, 0.6) is 11.5 Å². The molecule has 4 heterocycles. The number of benzene rings is 1. The molecule has 2 fully saturated rings. The van der Waals surface area contributed by atoms with Gasteiger partial charge in [0.1, 0.15) is 35.9 Å². The lowest BCUT2D eigenvalue weighted by Crippen LogP contribution is -2.53. The molecule has 0 radical (unpaired) electrons. The Morgan fingerprint density at radius 1 is 1.00 bits per heavy atom. The van der Waals surface area contributed by atoms with Crippen molar-refractivity contribution in [2.75, 3.05) is 32.7 Å². The van der Waals surface area contributed by atoms with Crippen LogP contribution in [-0.2, 0) is 32.1 Å². The van der Waals surface area contributed by atoms with Crippen LogP contribution in [0.25, 0.3) is 20.8 Å². The fourth-order valence-electron chi connectivity index (χ4n) is 5.43. The van der Waals surface area contributed by atoms with Gasteiger partial charge >= 0.3 is 6.09 Å². The summed E-state index contributed by atoms with van der Waals surface area (Å²) in [5.74, 6) is 0.134. The number of carbonyl (C=O) groups excluding carboxylic acids is 4. The molecule has 0 atom stereocenters. The van der Waals surface area contributed by atoms with Gasteiger partial charge in [-0.2, -0.15) is 0 Å². The molecule has 3 aromatic heterocycles. The van der Waals surface area contributed by atoms with E-state index in [1.54, 1.807) is 61.2 Å². The Bertz CT molecular complexity index is 1870. The number of fused-ring (bicyclic) bond motifs is 1. The Balaban J connectivity index is 1.03. The molecule has 1 aromatic carbocycles. The van der Waals surface area contributed by atoms with E-state index in [0.717, 1.165) is 17.7 Å². The highest BCUT2D eigenvalue weighted by Crippen LogP contribution is 2.39. The number of piperazine rings is 1. The molecule has 4 aromatic rings. The lowest BCUT2D eigenvalue weighted by molar-refractivity contribution is -0.139. The second kappa shape index (κ2) is 14.3. The number of pyridine rings is 1. The van der Waals surface area contributed by atoms with Crippen molar-refractivity contribution in [3.05, 3.63) is 54.1 Å². The molecule has 0 spiro atoms. The summed E-state index contributed by atoms with van der Waals surface area (Å²) in [5, 5.41) is 10.9. The van der Waals surface area contributed by atoms with Gasteiger partial charge < -0.3 is 24.6 Å². The molecule has 15 heteroatoms. The SMILES string of the molecule is CC(C)(C)OC(=O)NCC(=O)N1CCN(C(=O)Cn2cc(-c3cc4nccc(Oc5ccc(CC(=O)CC6CC6)cc5F)c4s3)nn2)CC1. The van der Waals surface area contributed by atoms with Crippen LogP contribution in [0.3, 0.4) is 0 Å². The molecule has 49 heavy (non-hydrogen) atoms. The number of aromatic nitrogens is 4. The van der Waals surface area contributed by atoms with E-state index in [1.807, 2.05) is 6.07 Å². The Hall–Kier alpha value is -4.92. The van der Waals surface area contributed by atoms with Crippen LogP contribution in [-0.4, -0.2) is 91.8 Å². The number of hydrogen-bond donors (Lipinski definition) is 1. The maximum atomic E-state index is 15.0. The van der Waals surface area contributed by atoms with Gasteiger partial charge in [-0.15, -0.1) is 16.4 Å². The number of halogens is 1. The second-order valence-corrected chi connectivity index (χ2v) is 14.3. The largest absolute Gasteiger partial charge is 0.453 e. The molecule has 13 nitrogen and oxygen atoms in total. The molecule has 0 unspecified atom stereocenters. The van der Waals surface area contributed by atoms with Crippen molar-refractivity contribution in [2.24, 2.45) is 5.92 Å². The van der Waals surface area contributed by atoms with Crippen molar-refractivity contribution in [1.82, 2.24) is 35.1 Å². The van der Waals surface area contributed by atoms with Crippen molar-refractivity contribution in [2.45, 2.75) is 58.6 Å². The Labute approximate surface area is 286 Å². The van der Waals surface area contributed by atoms with Crippen molar-refractivity contribution < 1.29 is 33.0 Å². The Morgan fingerprint density at radius 2 is 1.73 bits per heavy atom. The topological polar surface area (TPSA) is 149 Å². The first-order valence-electron chi connectivity index (χ1n) is 16.2. The molecule has 1 saturated carbocycles. The standard InChI is InChI=1S/C34H38FN7O6S/c1-34(2,3)48-33(46)37-18-30(44)40-10-12-41(13-11-40)31(45)20-42-19-26(38-39-42)29-17-25-32(49-29)28(8-9-36-25)47-27-7-6-22(16-24(27)35)15-23(43)14-21-4-5-21/h6-9,16-17,19,21H,4-5,10-15,18,20H2,1-3H3,(H,37,46). The maximum absolute atomic E-state index is 15.0. The number of amides is 3. The lowest BCUT2D eigenvalue weighted by Gasteiger charge is -2.34. The molecule has 1 N–H and O–H groups in total. The van der Waals surface area contributed by atoms with E-state index in [9.17, 15) is 23.6 Å². The fraction of sp³-hybridized carbons (Fsp3) is 0.441. The predicted molar refractivity (Wildman–Crippen MR) is 179 cm³/mol. The van der Waals surface area contributed by atoms with Crippen LogP contribution in [0.1, 0.15) is 45.6 Å². The van der Waals surface area contributed by atoms with E-state index in [2.05, 4.69) is 20.6 Å². The first-order chi connectivity index (χ1) is 23.4.